The van der Waals surface area contributed by atoms with Gasteiger partial charge in [-0.15, -0.1) is 0 Å². The maximum atomic E-state index is 10.2. The van der Waals surface area contributed by atoms with Crippen LogP contribution in [0.2, 0.25) is 5.04 Å². The second-order valence-electron chi connectivity index (χ2n) is 15.2. The van der Waals surface area contributed by atoms with Crippen LogP contribution in [0.3, 0.4) is 0 Å². The first kappa shape index (κ1) is 39.2. The van der Waals surface area contributed by atoms with E-state index in [1.807, 2.05) is 109 Å². The van der Waals surface area contributed by atoms with Gasteiger partial charge in [-0.1, -0.05) is 184 Å². The summed E-state index contributed by atoms with van der Waals surface area (Å²) < 4.78 is 34.8. The Balaban J connectivity index is 1.30. The summed E-state index contributed by atoms with van der Waals surface area (Å²) in [7, 11) is -3.20. The highest BCUT2D eigenvalue weighted by Gasteiger charge is 2.56. The van der Waals surface area contributed by atoms with Gasteiger partial charge in [0.05, 0.1) is 26.4 Å². The van der Waals surface area contributed by atoms with Gasteiger partial charge < -0.3 is 23.4 Å². The molecule has 0 unspecified atom stereocenters. The number of rotatable bonds is 15. The molecule has 0 aliphatic carbocycles. The van der Waals surface area contributed by atoms with Crippen molar-refractivity contribution in [2.24, 2.45) is 5.11 Å². The zero-order valence-electron chi connectivity index (χ0n) is 32.2. The van der Waals surface area contributed by atoms with E-state index in [1.54, 1.807) is 0 Å². The fourth-order valence-electron chi connectivity index (χ4n) is 7.72. The maximum absolute atomic E-state index is 10.2. The third-order valence-corrected chi connectivity index (χ3v) is 15.4. The molecule has 0 N–H and O–H groups in total. The van der Waals surface area contributed by atoms with Crippen molar-refractivity contribution in [2.45, 2.75) is 76.3 Å². The minimum Gasteiger partial charge on any atom is -0.382 e. The van der Waals surface area contributed by atoms with E-state index in [4.69, 9.17) is 23.4 Å². The van der Waals surface area contributed by atoms with Gasteiger partial charge in [-0.3, -0.25) is 0 Å². The molecule has 0 aromatic heterocycles. The maximum Gasteiger partial charge on any atom is 0.264 e. The van der Waals surface area contributed by atoms with Crippen LogP contribution in [0.5, 0.6) is 0 Å². The molecule has 56 heavy (non-hydrogen) atoms. The van der Waals surface area contributed by atoms with Crippen LogP contribution >= 0.6 is 0 Å². The van der Waals surface area contributed by atoms with Crippen LogP contribution < -0.4 is 10.4 Å². The van der Waals surface area contributed by atoms with Gasteiger partial charge in [-0.2, -0.15) is 0 Å². The van der Waals surface area contributed by atoms with E-state index in [0.717, 1.165) is 37.8 Å². The predicted molar refractivity (Wildman–Crippen MR) is 224 cm³/mol. The highest BCUT2D eigenvalue weighted by Crippen LogP contribution is 2.41. The summed E-state index contributed by atoms with van der Waals surface area (Å²) >= 11 is 0. The van der Waals surface area contributed by atoms with Crippen molar-refractivity contribution in [3.8, 4) is 0 Å². The summed E-state index contributed by atoms with van der Waals surface area (Å²) in [5.41, 5.74) is 13.2. The number of ether oxygens (including phenoxy) is 4. The highest BCUT2D eigenvalue weighted by atomic mass is 28.4. The molecular weight excluding hydrogens is 715 g/mol. The second kappa shape index (κ2) is 18.2. The Labute approximate surface area is 330 Å². The first-order valence-electron chi connectivity index (χ1n) is 19.2. The molecule has 1 aliphatic rings. The lowest BCUT2D eigenvalue weighted by Crippen LogP contribution is -2.71. The summed E-state index contributed by atoms with van der Waals surface area (Å²) in [5.74, 6) is 0. The number of fused-ring (bicyclic) bond motifs is 1. The van der Waals surface area contributed by atoms with Gasteiger partial charge >= 0.3 is 0 Å². The van der Waals surface area contributed by atoms with Crippen LogP contribution in [0.15, 0.2) is 169 Å². The first-order valence-corrected chi connectivity index (χ1v) is 21.1. The van der Waals surface area contributed by atoms with Gasteiger partial charge in [0.25, 0.3) is 8.32 Å². The molecule has 1 aliphatic heterocycles. The first-order chi connectivity index (χ1) is 27.4. The standard InChI is InChI=1S/C47H49N3O5Si/c1-47(2,3)56(40-24-12-6-13-25-40,41-26-14-7-15-27-41)55-46-43(49-50-48)45(53-32-36-20-10-5-11-21-36)44(42(54-46)34-51-31-35-18-8-4-9-19-35)52-33-37-28-29-38-22-16-17-23-39(38)30-37/h4-30,42-46H,31-34H2,1-3H3/t42-,43-,44+,45-,46+/m1/s1. The van der Waals surface area contributed by atoms with Crippen molar-refractivity contribution in [1.82, 2.24) is 0 Å². The number of benzene rings is 6. The van der Waals surface area contributed by atoms with E-state index < -0.39 is 39.0 Å². The average molecular weight is 764 g/mol. The van der Waals surface area contributed by atoms with Crippen LogP contribution in [0.4, 0.5) is 0 Å². The summed E-state index contributed by atoms with van der Waals surface area (Å²) in [4.78, 5) is 3.38. The van der Waals surface area contributed by atoms with Crippen LogP contribution in [0.25, 0.3) is 21.2 Å². The molecule has 6 aromatic carbocycles. The van der Waals surface area contributed by atoms with Crippen molar-refractivity contribution in [3.63, 3.8) is 0 Å². The van der Waals surface area contributed by atoms with Crippen LogP contribution in [-0.4, -0.2) is 45.6 Å². The number of azide groups is 1. The normalized spacial score (nSPS) is 20.0. The molecule has 1 saturated heterocycles. The molecule has 6 aromatic rings. The van der Waals surface area contributed by atoms with Crippen molar-refractivity contribution in [3.05, 3.63) is 191 Å². The fourth-order valence-corrected chi connectivity index (χ4v) is 12.3. The van der Waals surface area contributed by atoms with Crippen molar-refractivity contribution in [2.75, 3.05) is 6.61 Å². The summed E-state index contributed by atoms with van der Waals surface area (Å²) in [5, 5.41) is 8.49. The zero-order valence-corrected chi connectivity index (χ0v) is 33.2. The molecule has 0 amide bonds. The van der Waals surface area contributed by atoms with E-state index in [9.17, 15) is 5.53 Å². The lowest BCUT2D eigenvalue weighted by atomic mass is 9.96. The Kier molecular flexibility index (Phi) is 12.7. The SMILES string of the molecule is CC(C)(C)[Si](O[C@@H]1O[C@H](COCc2ccccc2)[C@H](OCc2ccc3ccccc3c2)[C@H](OCc2ccccc2)[C@H]1N=[N+]=[N-])(c1ccccc1)c1ccccc1. The molecular formula is C47H49N3O5Si. The highest BCUT2D eigenvalue weighted by molar-refractivity contribution is 6.99. The molecule has 0 radical (unpaired) electrons. The molecule has 0 spiro atoms. The van der Waals surface area contributed by atoms with E-state index in [1.165, 1.54) is 0 Å². The van der Waals surface area contributed by atoms with Crippen LogP contribution in [-0.2, 0) is 43.2 Å². The summed E-state index contributed by atoms with van der Waals surface area (Å²) in [6.45, 7) is 7.75. The third-order valence-electron chi connectivity index (χ3n) is 10.4. The van der Waals surface area contributed by atoms with Crippen LogP contribution in [0.1, 0.15) is 37.5 Å². The van der Waals surface area contributed by atoms with Gasteiger partial charge in [0, 0.05) is 4.91 Å². The lowest BCUT2D eigenvalue weighted by molar-refractivity contribution is -0.268. The molecule has 5 atom stereocenters. The molecule has 8 nitrogen and oxygen atoms in total. The van der Waals surface area contributed by atoms with E-state index >= 15 is 0 Å². The molecule has 1 fully saturated rings. The van der Waals surface area contributed by atoms with E-state index in [2.05, 4.69) is 85.4 Å². The largest absolute Gasteiger partial charge is 0.382 e. The quantitative estimate of drug-likeness (QED) is 0.0450. The summed E-state index contributed by atoms with van der Waals surface area (Å²) in [6, 6.07) is 54.5. The predicted octanol–water partition coefficient (Wildman–Crippen LogP) is 9.51. The van der Waals surface area contributed by atoms with Crippen molar-refractivity contribution < 1.29 is 23.4 Å². The minimum absolute atomic E-state index is 0.187. The minimum atomic E-state index is -3.20. The third kappa shape index (κ3) is 8.96. The Morgan fingerprint density at radius 3 is 1.71 bits per heavy atom. The fraction of sp³-hybridized carbons (Fsp3) is 0.277. The molecule has 286 valence electrons. The second-order valence-corrected chi connectivity index (χ2v) is 19.5. The monoisotopic (exact) mass is 763 g/mol. The zero-order chi connectivity index (χ0) is 38.8. The Morgan fingerprint density at radius 1 is 0.607 bits per heavy atom. The Hall–Kier alpha value is -5.09. The Bertz CT molecular complexity index is 2140. The van der Waals surface area contributed by atoms with E-state index in [-0.39, 0.29) is 24.9 Å². The van der Waals surface area contributed by atoms with Crippen molar-refractivity contribution in [1.29, 1.82) is 0 Å². The average Bonchev–Trinajstić information content (AvgIpc) is 3.23. The number of hydrogen-bond donors (Lipinski definition) is 0. The molecule has 0 saturated carbocycles. The van der Waals surface area contributed by atoms with Gasteiger partial charge in [0.15, 0.2) is 6.29 Å². The van der Waals surface area contributed by atoms with Crippen molar-refractivity contribution >= 4 is 29.5 Å². The number of nitrogens with zero attached hydrogens (tertiary/aromatic N) is 3. The summed E-state index contributed by atoms with van der Waals surface area (Å²) in [6.07, 6.45) is -3.08. The lowest BCUT2D eigenvalue weighted by Gasteiger charge is -2.50. The topological polar surface area (TPSA) is 94.9 Å². The number of hydrogen-bond acceptors (Lipinski definition) is 6. The van der Waals surface area contributed by atoms with Gasteiger partial charge in [0.2, 0.25) is 0 Å². The molecule has 0 bridgehead atoms. The molecule has 1 heterocycles. The van der Waals surface area contributed by atoms with Crippen LogP contribution in [0, 0.1) is 0 Å². The van der Waals surface area contributed by atoms with Gasteiger partial charge in [0.1, 0.15) is 24.4 Å². The van der Waals surface area contributed by atoms with Gasteiger partial charge in [-0.05, 0) is 54.5 Å². The van der Waals surface area contributed by atoms with E-state index in [0.29, 0.717) is 6.61 Å². The molecule has 7 rings (SSSR count). The smallest absolute Gasteiger partial charge is 0.264 e. The Morgan fingerprint density at radius 2 is 1.12 bits per heavy atom. The van der Waals surface area contributed by atoms with Gasteiger partial charge in [-0.25, -0.2) is 0 Å². The molecule has 9 heteroatoms.